The third-order valence-corrected chi connectivity index (χ3v) is 4.30. The monoisotopic (exact) mass is 346 g/mol. The molecule has 4 rings (SSSR count). The number of aromatic nitrogens is 4. The van der Waals surface area contributed by atoms with E-state index < -0.39 is 0 Å². The highest BCUT2D eigenvalue weighted by molar-refractivity contribution is 5.76. The Hall–Kier alpha value is -3.41. The summed E-state index contributed by atoms with van der Waals surface area (Å²) < 4.78 is 7.19. The maximum Gasteiger partial charge on any atom is 0.276 e. The summed E-state index contributed by atoms with van der Waals surface area (Å²) in [7, 11) is 0. The number of nitrogens with zero attached hydrogens (tertiary/aromatic N) is 3. The minimum absolute atomic E-state index is 0.0979. The van der Waals surface area contributed by atoms with Crippen LogP contribution >= 0.6 is 0 Å². The van der Waals surface area contributed by atoms with Crippen LogP contribution in [0.1, 0.15) is 11.3 Å². The van der Waals surface area contributed by atoms with E-state index in [0.29, 0.717) is 24.2 Å². The molecule has 0 radical (unpaired) electrons. The van der Waals surface area contributed by atoms with Crippen LogP contribution in [0.25, 0.3) is 16.8 Å². The molecule has 0 unspecified atom stereocenters. The first-order chi connectivity index (χ1) is 12.7. The minimum Gasteiger partial charge on any atom is -0.493 e. The van der Waals surface area contributed by atoms with Gasteiger partial charge < -0.3 is 4.74 Å². The van der Waals surface area contributed by atoms with Crippen molar-refractivity contribution in [2.75, 3.05) is 6.61 Å². The molecule has 6 nitrogen and oxygen atoms in total. The third-order valence-electron chi connectivity index (χ3n) is 4.30. The lowest BCUT2D eigenvalue weighted by Gasteiger charge is -2.08. The standard InChI is InChI=1S/C20H18N4O2/c1-14-17(9-11-26-16-7-3-2-4-8-16)20(25)24-19(23-14)18(13-22-24)15-6-5-10-21-12-15/h2-8,10,12-13,22H,9,11H2,1H3. The second-order valence-corrected chi connectivity index (χ2v) is 5.98. The maximum absolute atomic E-state index is 12.9. The summed E-state index contributed by atoms with van der Waals surface area (Å²) in [5, 5.41) is 3.00. The smallest absolute Gasteiger partial charge is 0.276 e. The summed E-state index contributed by atoms with van der Waals surface area (Å²) in [6, 6.07) is 13.4. The molecule has 0 aliphatic carbocycles. The molecule has 0 atom stereocenters. The summed E-state index contributed by atoms with van der Waals surface area (Å²) >= 11 is 0. The van der Waals surface area contributed by atoms with Crippen molar-refractivity contribution in [1.29, 1.82) is 0 Å². The SMILES string of the molecule is Cc1nc2c(-c3cccnc3)c[nH]n2c(=O)c1CCOc1ccccc1. The van der Waals surface area contributed by atoms with Crippen LogP contribution in [0, 0.1) is 6.92 Å². The predicted molar refractivity (Wildman–Crippen MR) is 99.4 cm³/mol. The molecule has 0 aliphatic rings. The molecule has 4 aromatic rings. The number of rotatable bonds is 5. The van der Waals surface area contributed by atoms with Gasteiger partial charge in [0.2, 0.25) is 0 Å². The molecule has 0 spiro atoms. The van der Waals surface area contributed by atoms with Crippen LogP contribution in [-0.2, 0) is 6.42 Å². The Labute approximate surface area is 150 Å². The molecule has 0 aliphatic heterocycles. The van der Waals surface area contributed by atoms with E-state index >= 15 is 0 Å². The van der Waals surface area contributed by atoms with E-state index in [0.717, 1.165) is 22.6 Å². The molecule has 130 valence electrons. The van der Waals surface area contributed by atoms with Gasteiger partial charge >= 0.3 is 0 Å². The summed E-state index contributed by atoms with van der Waals surface area (Å²) in [4.78, 5) is 21.6. The lowest BCUT2D eigenvalue weighted by atomic mass is 10.1. The van der Waals surface area contributed by atoms with Crippen molar-refractivity contribution in [3.8, 4) is 16.9 Å². The number of para-hydroxylation sites is 1. The first kappa shape index (κ1) is 16.1. The Bertz CT molecular complexity index is 1090. The van der Waals surface area contributed by atoms with Crippen molar-refractivity contribution < 1.29 is 4.74 Å². The number of hydrogen-bond donors (Lipinski definition) is 1. The van der Waals surface area contributed by atoms with E-state index in [4.69, 9.17) is 4.74 Å². The molecule has 0 bridgehead atoms. The normalized spacial score (nSPS) is 11.0. The Morgan fingerprint density at radius 1 is 1.15 bits per heavy atom. The molecule has 6 heteroatoms. The van der Waals surface area contributed by atoms with Gasteiger partial charge in [0, 0.05) is 47.4 Å². The average molecular weight is 346 g/mol. The molecular weight excluding hydrogens is 328 g/mol. The highest BCUT2D eigenvalue weighted by atomic mass is 16.5. The Morgan fingerprint density at radius 2 is 2.00 bits per heavy atom. The Morgan fingerprint density at radius 3 is 2.77 bits per heavy atom. The van der Waals surface area contributed by atoms with Crippen molar-refractivity contribution in [3.63, 3.8) is 0 Å². The van der Waals surface area contributed by atoms with Gasteiger partial charge in [-0.15, -0.1) is 0 Å². The van der Waals surface area contributed by atoms with Gasteiger partial charge in [0.1, 0.15) is 5.75 Å². The number of benzene rings is 1. The van der Waals surface area contributed by atoms with Crippen LogP contribution in [0.5, 0.6) is 5.75 Å². The van der Waals surface area contributed by atoms with Crippen molar-refractivity contribution in [2.24, 2.45) is 0 Å². The van der Waals surface area contributed by atoms with Gasteiger partial charge in [0.05, 0.1) is 6.61 Å². The average Bonchev–Trinajstić information content (AvgIpc) is 3.10. The molecule has 0 saturated carbocycles. The van der Waals surface area contributed by atoms with E-state index in [1.54, 1.807) is 18.6 Å². The van der Waals surface area contributed by atoms with Crippen molar-refractivity contribution in [2.45, 2.75) is 13.3 Å². The van der Waals surface area contributed by atoms with E-state index in [2.05, 4.69) is 15.1 Å². The molecule has 0 amide bonds. The number of pyridine rings is 1. The first-order valence-electron chi connectivity index (χ1n) is 8.42. The second kappa shape index (κ2) is 6.84. The van der Waals surface area contributed by atoms with Gasteiger partial charge in [-0.25, -0.2) is 9.50 Å². The summed E-state index contributed by atoms with van der Waals surface area (Å²) in [5.41, 5.74) is 3.64. The zero-order valence-electron chi connectivity index (χ0n) is 14.3. The maximum atomic E-state index is 12.9. The van der Waals surface area contributed by atoms with E-state index in [9.17, 15) is 4.79 Å². The fourth-order valence-corrected chi connectivity index (χ4v) is 2.97. The number of nitrogens with one attached hydrogen (secondary N) is 1. The lowest BCUT2D eigenvalue weighted by Crippen LogP contribution is -2.23. The second-order valence-electron chi connectivity index (χ2n) is 5.98. The highest BCUT2D eigenvalue weighted by Crippen LogP contribution is 2.22. The van der Waals surface area contributed by atoms with Gasteiger partial charge in [-0.2, -0.15) is 0 Å². The molecule has 26 heavy (non-hydrogen) atoms. The van der Waals surface area contributed by atoms with Gasteiger partial charge in [-0.1, -0.05) is 24.3 Å². The fraction of sp³-hybridized carbons (Fsp3) is 0.150. The van der Waals surface area contributed by atoms with Gasteiger partial charge in [-0.3, -0.25) is 14.9 Å². The number of hydrogen-bond acceptors (Lipinski definition) is 4. The molecule has 3 aromatic heterocycles. The van der Waals surface area contributed by atoms with Gasteiger partial charge in [0.15, 0.2) is 5.65 Å². The Kier molecular flexibility index (Phi) is 4.23. The largest absolute Gasteiger partial charge is 0.493 e. The first-order valence-corrected chi connectivity index (χ1v) is 8.42. The van der Waals surface area contributed by atoms with Crippen molar-refractivity contribution in [1.82, 2.24) is 19.6 Å². The lowest BCUT2D eigenvalue weighted by molar-refractivity contribution is 0.321. The van der Waals surface area contributed by atoms with Crippen LogP contribution in [0.3, 0.4) is 0 Å². The van der Waals surface area contributed by atoms with Crippen molar-refractivity contribution >= 4 is 5.65 Å². The molecule has 1 aromatic carbocycles. The summed E-state index contributed by atoms with van der Waals surface area (Å²) in [6.07, 6.45) is 5.75. The van der Waals surface area contributed by atoms with E-state index in [-0.39, 0.29) is 5.56 Å². The molecule has 1 N–H and O–H groups in total. The zero-order valence-corrected chi connectivity index (χ0v) is 14.3. The molecular formula is C20H18N4O2. The number of ether oxygens (including phenoxy) is 1. The number of aryl methyl sites for hydroxylation is 1. The Balaban J connectivity index is 1.64. The van der Waals surface area contributed by atoms with Gasteiger partial charge in [0.25, 0.3) is 5.56 Å². The van der Waals surface area contributed by atoms with E-state index in [1.165, 1.54) is 4.52 Å². The molecule has 0 saturated heterocycles. The van der Waals surface area contributed by atoms with Crippen LogP contribution in [0.2, 0.25) is 0 Å². The highest BCUT2D eigenvalue weighted by Gasteiger charge is 2.15. The topological polar surface area (TPSA) is 72.3 Å². The summed E-state index contributed by atoms with van der Waals surface area (Å²) in [6.45, 7) is 2.28. The molecule has 0 fully saturated rings. The zero-order chi connectivity index (χ0) is 17.9. The fourth-order valence-electron chi connectivity index (χ4n) is 2.97. The van der Waals surface area contributed by atoms with E-state index in [1.807, 2.05) is 49.4 Å². The summed E-state index contributed by atoms with van der Waals surface area (Å²) in [5.74, 6) is 0.790. The van der Waals surface area contributed by atoms with Gasteiger partial charge in [-0.05, 0) is 25.1 Å². The third kappa shape index (κ3) is 2.97. The predicted octanol–water partition coefficient (Wildman–Crippen LogP) is 3.01. The minimum atomic E-state index is -0.0979. The molecule has 3 heterocycles. The quantitative estimate of drug-likeness (QED) is 0.603. The van der Waals surface area contributed by atoms with Crippen molar-refractivity contribution in [3.05, 3.63) is 82.7 Å². The van der Waals surface area contributed by atoms with Crippen LogP contribution in [0.15, 0.2) is 65.8 Å². The number of fused-ring (bicyclic) bond motifs is 1. The van der Waals surface area contributed by atoms with Crippen LogP contribution < -0.4 is 10.3 Å². The van der Waals surface area contributed by atoms with Crippen LogP contribution in [0.4, 0.5) is 0 Å². The number of H-pyrrole nitrogens is 1. The van der Waals surface area contributed by atoms with Crippen LogP contribution in [-0.4, -0.2) is 26.2 Å². The number of aromatic amines is 1.